The highest BCUT2D eigenvalue weighted by molar-refractivity contribution is 6.35. The van der Waals surface area contributed by atoms with Crippen LogP contribution in [0, 0.1) is 0 Å². The summed E-state index contributed by atoms with van der Waals surface area (Å²) in [6.07, 6.45) is 0. The van der Waals surface area contributed by atoms with Crippen LogP contribution >= 0.6 is 23.2 Å². The lowest BCUT2D eigenvalue weighted by molar-refractivity contribution is -0.138. The maximum absolute atomic E-state index is 11.6. The number of halogens is 2. The summed E-state index contributed by atoms with van der Waals surface area (Å²) in [5.74, 6) is -1.69. The Morgan fingerprint density at radius 3 is 2.56 bits per heavy atom. The molecule has 0 bridgehead atoms. The minimum absolute atomic E-state index is 0.155. The molecule has 0 spiro atoms. The SMILES string of the molecule is CC(NC(=O)c1cc(Cl)ccc1Cl)C(=O)O. The second-order valence-corrected chi connectivity index (χ2v) is 4.00. The number of amides is 1. The number of carboxylic acids is 1. The molecule has 0 aliphatic heterocycles. The average molecular weight is 262 g/mol. The van der Waals surface area contributed by atoms with Gasteiger partial charge in [0.2, 0.25) is 0 Å². The topological polar surface area (TPSA) is 66.4 Å². The molecule has 1 rings (SSSR count). The van der Waals surface area contributed by atoms with Crippen molar-refractivity contribution >= 4 is 35.1 Å². The van der Waals surface area contributed by atoms with Gasteiger partial charge in [0.25, 0.3) is 5.91 Å². The van der Waals surface area contributed by atoms with Crippen LogP contribution in [-0.2, 0) is 4.79 Å². The van der Waals surface area contributed by atoms with Crippen LogP contribution in [0.1, 0.15) is 17.3 Å². The van der Waals surface area contributed by atoms with E-state index in [1.54, 1.807) is 6.07 Å². The van der Waals surface area contributed by atoms with Gasteiger partial charge in [-0.1, -0.05) is 23.2 Å². The van der Waals surface area contributed by atoms with Crippen molar-refractivity contribution in [2.75, 3.05) is 0 Å². The van der Waals surface area contributed by atoms with Crippen LogP contribution in [0.5, 0.6) is 0 Å². The van der Waals surface area contributed by atoms with E-state index in [1.807, 2.05) is 0 Å². The molecule has 0 aliphatic carbocycles. The third-order valence-electron chi connectivity index (χ3n) is 1.89. The van der Waals surface area contributed by atoms with Crippen LogP contribution in [-0.4, -0.2) is 23.0 Å². The molecule has 4 nitrogen and oxygen atoms in total. The molecule has 86 valence electrons. The van der Waals surface area contributed by atoms with Crippen LogP contribution in [0.3, 0.4) is 0 Å². The van der Waals surface area contributed by atoms with Gasteiger partial charge in [-0.05, 0) is 25.1 Å². The first-order valence-corrected chi connectivity index (χ1v) is 5.16. The molecule has 1 amide bonds. The highest BCUT2D eigenvalue weighted by atomic mass is 35.5. The molecule has 1 aromatic rings. The van der Waals surface area contributed by atoms with Crippen molar-refractivity contribution in [1.82, 2.24) is 5.32 Å². The lowest BCUT2D eigenvalue weighted by Crippen LogP contribution is -2.38. The minimum atomic E-state index is -1.12. The van der Waals surface area contributed by atoms with Crippen LogP contribution in [0.25, 0.3) is 0 Å². The number of hydrogen-bond acceptors (Lipinski definition) is 2. The third kappa shape index (κ3) is 3.12. The third-order valence-corrected chi connectivity index (χ3v) is 2.46. The second kappa shape index (κ2) is 5.18. The predicted molar refractivity (Wildman–Crippen MR) is 61.0 cm³/mol. The zero-order valence-electron chi connectivity index (χ0n) is 8.33. The van der Waals surface area contributed by atoms with Gasteiger partial charge in [0.15, 0.2) is 0 Å². The summed E-state index contributed by atoms with van der Waals surface area (Å²) >= 11 is 11.5. The van der Waals surface area contributed by atoms with Crippen LogP contribution < -0.4 is 5.32 Å². The van der Waals surface area contributed by atoms with Gasteiger partial charge in [-0.25, -0.2) is 0 Å². The summed E-state index contributed by atoms with van der Waals surface area (Å²) < 4.78 is 0. The van der Waals surface area contributed by atoms with E-state index in [0.29, 0.717) is 5.02 Å². The zero-order chi connectivity index (χ0) is 12.3. The lowest BCUT2D eigenvalue weighted by Gasteiger charge is -2.10. The van der Waals surface area contributed by atoms with Crippen molar-refractivity contribution in [2.45, 2.75) is 13.0 Å². The van der Waals surface area contributed by atoms with E-state index in [-0.39, 0.29) is 10.6 Å². The summed E-state index contributed by atoms with van der Waals surface area (Å²) in [5.41, 5.74) is 0.155. The highest BCUT2D eigenvalue weighted by Crippen LogP contribution is 2.20. The van der Waals surface area contributed by atoms with Crippen molar-refractivity contribution < 1.29 is 14.7 Å². The van der Waals surface area contributed by atoms with Crippen molar-refractivity contribution in [3.8, 4) is 0 Å². The van der Waals surface area contributed by atoms with Crippen LogP contribution in [0.15, 0.2) is 18.2 Å². The standard InChI is InChI=1S/C10H9Cl2NO3/c1-5(10(15)16)13-9(14)7-4-6(11)2-3-8(7)12/h2-5H,1H3,(H,13,14)(H,15,16). The average Bonchev–Trinajstić information content (AvgIpc) is 2.21. The molecule has 1 atom stereocenters. The van der Waals surface area contributed by atoms with Gasteiger partial charge in [0.05, 0.1) is 10.6 Å². The molecule has 0 aliphatic rings. The van der Waals surface area contributed by atoms with Crippen molar-refractivity contribution in [1.29, 1.82) is 0 Å². The normalized spacial score (nSPS) is 11.9. The fourth-order valence-corrected chi connectivity index (χ4v) is 1.38. The Bertz CT molecular complexity index is 434. The lowest BCUT2D eigenvalue weighted by atomic mass is 10.2. The number of benzene rings is 1. The molecule has 0 saturated carbocycles. The van der Waals surface area contributed by atoms with Gasteiger partial charge in [-0.2, -0.15) is 0 Å². The number of rotatable bonds is 3. The summed E-state index contributed by atoms with van der Waals surface area (Å²) in [5, 5.41) is 11.5. The molecule has 1 unspecified atom stereocenters. The fraction of sp³-hybridized carbons (Fsp3) is 0.200. The molecule has 0 fully saturated rings. The number of carbonyl (C=O) groups excluding carboxylic acids is 1. The van der Waals surface area contributed by atoms with E-state index < -0.39 is 17.9 Å². The van der Waals surface area contributed by atoms with Gasteiger partial charge in [0, 0.05) is 5.02 Å². The van der Waals surface area contributed by atoms with Crippen molar-refractivity contribution in [3.63, 3.8) is 0 Å². The maximum atomic E-state index is 11.6. The monoisotopic (exact) mass is 261 g/mol. The molecule has 1 aromatic carbocycles. The molecule has 0 aromatic heterocycles. The Balaban J connectivity index is 2.88. The Hall–Kier alpha value is -1.26. The second-order valence-electron chi connectivity index (χ2n) is 3.16. The number of carboxylic acid groups (broad SMARTS) is 1. The quantitative estimate of drug-likeness (QED) is 0.877. The van der Waals surface area contributed by atoms with E-state index in [2.05, 4.69) is 5.32 Å². The smallest absolute Gasteiger partial charge is 0.325 e. The molecule has 16 heavy (non-hydrogen) atoms. The first kappa shape index (κ1) is 12.8. The van der Waals surface area contributed by atoms with Crippen molar-refractivity contribution in [2.24, 2.45) is 0 Å². The number of nitrogens with one attached hydrogen (secondary N) is 1. The van der Waals surface area contributed by atoms with Gasteiger partial charge in [-0.15, -0.1) is 0 Å². The minimum Gasteiger partial charge on any atom is -0.480 e. The summed E-state index contributed by atoms with van der Waals surface area (Å²) in [4.78, 5) is 22.2. The zero-order valence-corrected chi connectivity index (χ0v) is 9.84. The fourth-order valence-electron chi connectivity index (χ4n) is 1.01. The number of carbonyl (C=O) groups is 2. The maximum Gasteiger partial charge on any atom is 0.325 e. The number of aliphatic carboxylic acids is 1. The summed E-state index contributed by atoms with van der Waals surface area (Å²) in [6.45, 7) is 1.36. The molecule has 2 N–H and O–H groups in total. The first-order valence-electron chi connectivity index (χ1n) is 4.40. The van der Waals surface area contributed by atoms with Gasteiger partial charge in [-0.3, -0.25) is 9.59 Å². The van der Waals surface area contributed by atoms with Crippen LogP contribution in [0.2, 0.25) is 10.0 Å². The Morgan fingerprint density at radius 2 is 2.00 bits per heavy atom. The Morgan fingerprint density at radius 1 is 1.38 bits per heavy atom. The van der Waals surface area contributed by atoms with Crippen molar-refractivity contribution in [3.05, 3.63) is 33.8 Å². The van der Waals surface area contributed by atoms with E-state index in [0.717, 1.165) is 0 Å². The Labute approximate surface area is 102 Å². The van der Waals surface area contributed by atoms with Gasteiger partial charge < -0.3 is 10.4 Å². The van der Waals surface area contributed by atoms with Gasteiger partial charge in [0.1, 0.15) is 6.04 Å². The van der Waals surface area contributed by atoms with E-state index >= 15 is 0 Å². The van der Waals surface area contributed by atoms with E-state index in [4.69, 9.17) is 28.3 Å². The molecular weight excluding hydrogens is 253 g/mol. The molecule has 0 radical (unpaired) electrons. The molecular formula is C10H9Cl2NO3. The highest BCUT2D eigenvalue weighted by Gasteiger charge is 2.17. The molecule has 0 saturated heterocycles. The first-order chi connectivity index (χ1) is 7.41. The Kier molecular flexibility index (Phi) is 4.15. The van der Waals surface area contributed by atoms with E-state index in [1.165, 1.54) is 19.1 Å². The molecule has 0 heterocycles. The van der Waals surface area contributed by atoms with Gasteiger partial charge >= 0.3 is 5.97 Å². The molecule has 6 heteroatoms. The summed E-state index contributed by atoms with van der Waals surface area (Å²) in [7, 11) is 0. The largest absolute Gasteiger partial charge is 0.480 e. The predicted octanol–water partition coefficient (Wildman–Crippen LogP) is 2.20. The summed E-state index contributed by atoms with van der Waals surface area (Å²) in [6, 6.07) is 3.42. The van der Waals surface area contributed by atoms with E-state index in [9.17, 15) is 9.59 Å². The van der Waals surface area contributed by atoms with Crippen LogP contribution in [0.4, 0.5) is 0 Å². The number of hydrogen-bond donors (Lipinski definition) is 2.